The summed E-state index contributed by atoms with van der Waals surface area (Å²) in [6.45, 7) is 2.62. The number of rotatable bonds is 3. The van der Waals surface area contributed by atoms with Gasteiger partial charge in [-0.2, -0.15) is 0 Å². The highest BCUT2D eigenvalue weighted by Crippen LogP contribution is 2.33. The number of para-hydroxylation sites is 1. The molecular formula is C22H20N2O3S. The smallest absolute Gasteiger partial charge is 0.336 e. The summed E-state index contributed by atoms with van der Waals surface area (Å²) in [5.74, 6) is 0.517. The van der Waals surface area contributed by atoms with E-state index in [9.17, 15) is 9.90 Å². The first-order chi connectivity index (χ1) is 13.7. The molecule has 1 aliphatic rings. The molecule has 0 unspecified atom stereocenters. The molecule has 4 aromatic rings. The van der Waals surface area contributed by atoms with Gasteiger partial charge < -0.3 is 9.52 Å². The summed E-state index contributed by atoms with van der Waals surface area (Å²) in [4.78, 5) is 19.2. The van der Waals surface area contributed by atoms with Crippen LogP contribution in [0.5, 0.6) is 5.75 Å². The number of piperidine rings is 1. The van der Waals surface area contributed by atoms with Gasteiger partial charge in [0.15, 0.2) is 0 Å². The Hall–Kier alpha value is -2.70. The van der Waals surface area contributed by atoms with Crippen molar-refractivity contribution in [2.24, 2.45) is 0 Å². The Balaban J connectivity index is 1.41. The average molecular weight is 392 g/mol. The summed E-state index contributed by atoms with van der Waals surface area (Å²) < 4.78 is 6.49. The predicted octanol–water partition coefficient (Wildman–Crippen LogP) is 4.49. The highest BCUT2D eigenvalue weighted by Gasteiger charge is 2.24. The topological polar surface area (TPSA) is 66.6 Å². The molecule has 0 aliphatic carbocycles. The standard InChI is InChI=1S/C22H20N2O3S/c25-16-7-8-17-15(10-21(26)27-19(17)11-16)13-24-9-3-4-14(12-24)22-23-18-5-1-2-6-20(18)28-22/h1-2,5-8,10-11,14,25H,3-4,9,12-13H2/t14-/m1/s1. The van der Waals surface area contributed by atoms with Crippen LogP contribution < -0.4 is 5.63 Å². The summed E-state index contributed by atoms with van der Waals surface area (Å²) in [7, 11) is 0. The van der Waals surface area contributed by atoms with Crippen LogP contribution in [0, 0.1) is 0 Å². The first-order valence-electron chi connectivity index (χ1n) is 9.49. The third-order valence-electron chi connectivity index (χ3n) is 5.37. The number of likely N-dealkylation sites (tertiary alicyclic amines) is 1. The Kier molecular flexibility index (Phi) is 4.37. The van der Waals surface area contributed by atoms with Crippen LogP contribution in [0.25, 0.3) is 21.2 Å². The minimum absolute atomic E-state index is 0.0988. The number of nitrogens with zero attached hydrogens (tertiary/aromatic N) is 2. The predicted molar refractivity (Wildman–Crippen MR) is 111 cm³/mol. The van der Waals surface area contributed by atoms with Crippen LogP contribution >= 0.6 is 11.3 Å². The van der Waals surface area contributed by atoms with Crippen molar-refractivity contribution in [3.8, 4) is 5.75 Å². The van der Waals surface area contributed by atoms with Crippen molar-refractivity contribution in [1.82, 2.24) is 9.88 Å². The summed E-state index contributed by atoms with van der Waals surface area (Å²) >= 11 is 1.79. The maximum atomic E-state index is 12.0. The number of aromatic hydroxyl groups is 1. The molecule has 0 amide bonds. The molecule has 28 heavy (non-hydrogen) atoms. The zero-order valence-corrected chi connectivity index (χ0v) is 16.1. The fourth-order valence-electron chi connectivity index (χ4n) is 4.06. The van der Waals surface area contributed by atoms with E-state index >= 15 is 0 Å². The van der Waals surface area contributed by atoms with Crippen molar-refractivity contribution < 1.29 is 9.52 Å². The fraction of sp³-hybridized carbons (Fsp3) is 0.273. The molecule has 3 heterocycles. The van der Waals surface area contributed by atoms with Crippen LogP contribution in [0.2, 0.25) is 0 Å². The van der Waals surface area contributed by atoms with Gasteiger partial charge in [0, 0.05) is 36.5 Å². The van der Waals surface area contributed by atoms with Crippen molar-refractivity contribution >= 4 is 32.5 Å². The first kappa shape index (κ1) is 17.4. The molecule has 1 aliphatic heterocycles. The van der Waals surface area contributed by atoms with Gasteiger partial charge in [-0.1, -0.05) is 12.1 Å². The minimum Gasteiger partial charge on any atom is -0.508 e. The molecule has 6 heteroatoms. The molecule has 1 atom stereocenters. The Morgan fingerprint density at radius 2 is 2.11 bits per heavy atom. The second-order valence-corrected chi connectivity index (χ2v) is 8.43. The van der Waals surface area contributed by atoms with Crippen molar-refractivity contribution in [2.75, 3.05) is 13.1 Å². The maximum absolute atomic E-state index is 12.0. The van der Waals surface area contributed by atoms with E-state index in [0.29, 0.717) is 18.0 Å². The zero-order chi connectivity index (χ0) is 19.1. The van der Waals surface area contributed by atoms with Crippen molar-refractivity contribution in [3.05, 3.63) is 69.5 Å². The van der Waals surface area contributed by atoms with Crippen molar-refractivity contribution in [1.29, 1.82) is 0 Å². The number of phenolic OH excluding ortho intramolecular Hbond substituents is 1. The molecule has 1 N–H and O–H groups in total. The van der Waals surface area contributed by atoms with E-state index in [-0.39, 0.29) is 11.4 Å². The normalized spacial score (nSPS) is 18.1. The Bertz CT molecular complexity index is 1180. The molecule has 5 rings (SSSR count). The molecule has 1 fully saturated rings. The number of aromatic nitrogens is 1. The van der Waals surface area contributed by atoms with Crippen LogP contribution in [0.4, 0.5) is 0 Å². The number of thiazole rings is 1. The molecule has 1 saturated heterocycles. The van der Waals surface area contributed by atoms with E-state index < -0.39 is 0 Å². The van der Waals surface area contributed by atoms with E-state index in [1.807, 2.05) is 12.1 Å². The van der Waals surface area contributed by atoms with E-state index in [1.54, 1.807) is 23.5 Å². The van der Waals surface area contributed by atoms with Gasteiger partial charge in [0.1, 0.15) is 11.3 Å². The van der Waals surface area contributed by atoms with E-state index in [1.165, 1.54) is 15.8 Å². The van der Waals surface area contributed by atoms with Crippen LogP contribution in [0.3, 0.4) is 0 Å². The number of fused-ring (bicyclic) bond motifs is 2. The van der Waals surface area contributed by atoms with Gasteiger partial charge >= 0.3 is 5.63 Å². The monoisotopic (exact) mass is 392 g/mol. The van der Waals surface area contributed by atoms with Crippen LogP contribution in [-0.4, -0.2) is 28.1 Å². The van der Waals surface area contributed by atoms with Gasteiger partial charge in [-0.25, -0.2) is 9.78 Å². The third-order valence-corrected chi connectivity index (χ3v) is 6.57. The maximum Gasteiger partial charge on any atom is 0.336 e. The van der Waals surface area contributed by atoms with Crippen LogP contribution in [-0.2, 0) is 6.54 Å². The molecule has 0 saturated carbocycles. The van der Waals surface area contributed by atoms with E-state index in [4.69, 9.17) is 9.40 Å². The molecule has 0 bridgehead atoms. The van der Waals surface area contributed by atoms with Crippen LogP contribution in [0.15, 0.2) is 57.7 Å². The highest BCUT2D eigenvalue weighted by atomic mass is 32.1. The van der Waals surface area contributed by atoms with Gasteiger partial charge in [0.2, 0.25) is 0 Å². The number of phenols is 1. The van der Waals surface area contributed by atoms with Gasteiger partial charge in [0.05, 0.1) is 15.2 Å². The minimum atomic E-state index is -0.382. The number of hydrogen-bond donors (Lipinski definition) is 1. The lowest BCUT2D eigenvalue weighted by atomic mass is 9.98. The Morgan fingerprint density at radius 1 is 1.21 bits per heavy atom. The Labute approximate surface area is 165 Å². The third kappa shape index (κ3) is 3.30. The summed E-state index contributed by atoms with van der Waals surface area (Å²) in [6, 6.07) is 14.8. The number of hydrogen-bond acceptors (Lipinski definition) is 6. The summed E-state index contributed by atoms with van der Waals surface area (Å²) in [5.41, 5.74) is 2.07. The van der Waals surface area contributed by atoms with Gasteiger partial charge in [0.25, 0.3) is 0 Å². The molecule has 2 aromatic carbocycles. The molecule has 0 radical (unpaired) electrons. The molecule has 2 aromatic heterocycles. The van der Waals surface area contributed by atoms with Crippen molar-refractivity contribution in [3.63, 3.8) is 0 Å². The highest BCUT2D eigenvalue weighted by molar-refractivity contribution is 7.18. The van der Waals surface area contributed by atoms with Gasteiger partial charge in [-0.05, 0) is 49.2 Å². The average Bonchev–Trinajstić information content (AvgIpc) is 3.12. The SMILES string of the molecule is O=c1cc(CN2CCC[C@@H](c3nc4ccccc4s3)C2)c2ccc(O)cc2o1. The van der Waals surface area contributed by atoms with E-state index in [2.05, 4.69) is 23.1 Å². The molecule has 0 spiro atoms. The lowest BCUT2D eigenvalue weighted by Crippen LogP contribution is -2.34. The fourth-order valence-corrected chi connectivity index (χ4v) is 5.15. The van der Waals surface area contributed by atoms with Crippen LogP contribution in [0.1, 0.15) is 29.3 Å². The molecule has 5 nitrogen and oxygen atoms in total. The van der Waals surface area contributed by atoms with Crippen molar-refractivity contribution in [2.45, 2.75) is 25.3 Å². The second kappa shape index (κ2) is 7.04. The Morgan fingerprint density at radius 3 is 3.00 bits per heavy atom. The molecular weight excluding hydrogens is 372 g/mol. The zero-order valence-electron chi connectivity index (χ0n) is 15.3. The summed E-state index contributed by atoms with van der Waals surface area (Å²) in [6.07, 6.45) is 2.25. The molecule has 142 valence electrons. The second-order valence-electron chi connectivity index (χ2n) is 7.37. The van der Waals surface area contributed by atoms with E-state index in [0.717, 1.165) is 42.4 Å². The van der Waals surface area contributed by atoms with Gasteiger partial charge in [-0.15, -0.1) is 11.3 Å². The number of benzene rings is 2. The quantitative estimate of drug-likeness (QED) is 0.521. The summed E-state index contributed by atoms with van der Waals surface area (Å²) in [5, 5.41) is 11.8. The lowest BCUT2D eigenvalue weighted by molar-refractivity contribution is 0.200. The van der Waals surface area contributed by atoms with Gasteiger partial charge in [-0.3, -0.25) is 4.90 Å². The largest absolute Gasteiger partial charge is 0.508 e. The lowest BCUT2D eigenvalue weighted by Gasteiger charge is -2.31. The first-order valence-corrected chi connectivity index (χ1v) is 10.3.